The number of hydrogen-bond donors (Lipinski definition) is 6. The number of halogens is 6. The third kappa shape index (κ3) is 12.5. The topological polar surface area (TPSA) is 192 Å². The molecule has 0 aromatic heterocycles. The van der Waals surface area contributed by atoms with Gasteiger partial charge in [0.25, 0.3) is 0 Å². The summed E-state index contributed by atoms with van der Waals surface area (Å²) >= 11 is 0. The van der Waals surface area contributed by atoms with E-state index in [1.807, 2.05) is 60.7 Å². The first-order chi connectivity index (χ1) is 19.6. The predicted molar refractivity (Wildman–Crippen MR) is 142 cm³/mol. The summed E-state index contributed by atoms with van der Waals surface area (Å²) in [7, 11) is 0. The SMILES string of the molecule is NN=Cc1ccc(-c2ccccc2NC(=O)Nc2cccc(C=NN)c2)cc1.O=C(O)C(F)(F)F.O=C(O)C(F)(F)F. The third-order valence-electron chi connectivity index (χ3n) is 4.47. The van der Waals surface area contributed by atoms with Crippen molar-refractivity contribution in [2.24, 2.45) is 21.9 Å². The zero-order chi connectivity index (χ0) is 31.9. The summed E-state index contributed by atoms with van der Waals surface area (Å²) in [6.07, 6.45) is -7.08. The lowest BCUT2D eigenvalue weighted by molar-refractivity contribution is -0.193. The standard InChI is InChI=1S/C21H20N6O.2C2HF3O2/c22-24-13-15-8-10-17(11-9-15)19-6-1-2-7-20(19)27-21(28)26-18-5-3-4-16(12-18)14-25-23;2*3-2(4,5)1(6)7/h1-14H,22-23H2,(H2,26,27,28);2*(H,6,7). The third-order valence-corrected chi connectivity index (χ3v) is 4.47. The highest BCUT2D eigenvalue weighted by Crippen LogP contribution is 2.28. The van der Waals surface area contributed by atoms with Crippen molar-refractivity contribution >= 4 is 41.8 Å². The van der Waals surface area contributed by atoms with Crippen LogP contribution in [-0.4, -0.2) is 53.0 Å². The summed E-state index contributed by atoms with van der Waals surface area (Å²) in [5, 5.41) is 27.0. The fraction of sp³-hybridized carbons (Fsp3) is 0.0800. The molecule has 0 bridgehead atoms. The van der Waals surface area contributed by atoms with Gasteiger partial charge in [0.05, 0.1) is 18.1 Å². The first-order valence-corrected chi connectivity index (χ1v) is 11.0. The van der Waals surface area contributed by atoms with Crippen molar-refractivity contribution in [3.05, 3.63) is 83.9 Å². The van der Waals surface area contributed by atoms with E-state index in [4.69, 9.17) is 31.5 Å². The van der Waals surface area contributed by atoms with Crippen LogP contribution in [0.2, 0.25) is 0 Å². The van der Waals surface area contributed by atoms with Gasteiger partial charge in [-0.15, -0.1) is 0 Å². The second-order valence-corrected chi connectivity index (χ2v) is 7.53. The van der Waals surface area contributed by atoms with Crippen LogP contribution in [0.5, 0.6) is 0 Å². The molecule has 0 unspecified atom stereocenters. The number of rotatable bonds is 5. The van der Waals surface area contributed by atoms with Gasteiger partial charge < -0.3 is 32.5 Å². The Morgan fingerprint density at radius 2 is 1.19 bits per heavy atom. The van der Waals surface area contributed by atoms with E-state index in [1.165, 1.54) is 6.21 Å². The Labute approximate surface area is 233 Å². The zero-order valence-corrected chi connectivity index (χ0v) is 21.0. The van der Waals surface area contributed by atoms with Crippen LogP contribution >= 0.6 is 0 Å². The highest BCUT2D eigenvalue weighted by molar-refractivity contribution is 6.02. The molecule has 224 valence electrons. The van der Waals surface area contributed by atoms with Gasteiger partial charge >= 0.3 is 30.3 Å². The molecule has 0 atom stereocenters. The second kappa shape index (κ2) is 15.8. The van der Waals surface area contributed by atoms with Crippen molar-refractivity contribution in [3.63, 3.8) is 0 Å². The quantitative estimate of drug-likeness (QED) is 0.104. The van der Waals surface area contributed by atoms with Crippen LogP contribution in [-0.2, 0) is 9.59 Å². The molecule has 0 aliphatic rings. The van der Waals surface area contributed by atoms with E-state index >= 15 is 0 Å². The van der Waals surface area contributed by atoms with Gasteiger partial charge in [-0.1, -0.05) is 54.6 Å². The van der Waals surface area contributed by atoms with E-state index in [0.29, 0.717) is 11.4 Å². The molecular formula is C25H22F6N6O5. The lowest BCUT2D eigenvalue weighted by Gasteiger charge is -2.12. The molecule has 0 radical (unpaired) electrons. The van der Waals surface area contributed by atoms with Crippen molar-refractivity contribution in [2.45, 2.75) is 12.4 Å². The zero-order valence-electron chi connectivity index (χ0n) is 21.0. The number of para-hydroxylation sites is 1. The number of anilines is 2. The largest absolute Gasteiger partial charge is 0.490 e. The smallest absolute Gasteiger partial charge is 0.475 e. The first-order valence-electron chi connectivity index (χ1n) is 11.0. The lowest BCUT2D eigenvalue weighted by atomic mass is 10.0. The lowest BCUT2D eigenvalue weighted by Crippen LogP contribution is -2.21. The van der Waals surface area contributed by atoms with Gasteiger partial charge in [0, 0.05) is 11.3 Å². The summed E-state index contributed by atoms with van der Waals surface area (Å²) in [5.74, 6) is 4.83. The van der Waals surface area contributed by atoms with Crippen LogP contribution < -0.4 is 22.3 Å². The van der Waals surface area contributed by atoms with Crippen LogP contribution in [0.1, 0.15) is 11.1 Å². The monoisotopic (exact) mass is 600 g/mol. The number of benzene rings is 3. The van der Waals surface area contributed by atoms with Crippen LogP contribution in [0.3, 0.4) is 0 Å². The molecule has 2 amide bonds. The Hall–Kier alpha value is -5.61. The Morgan fingerprint density at radius 1 is 0.690 bits per heavy atom. The summed E-state index contributed by atoms with van der Waals surface area (Å²) in [6.45, 7) is 0. The number of nitrogens with one attached hydrogen (secondary N) is 2. The number of alkyl halides is 6. The number of carbonyl (C=O) groups excluding carboxylic acids is 1. The van der Waals surface area contributed by atoms with E-state index in [2.05, 4.69) is 20.8 Å². The van der Waals surface area contributed by atoms with Gasteiger partial charge in [0.15, 0.2) is 0 Å². The second-order valence-electron chi connectivity index (χ2n) is 7.53. The fourth-order valence-electron chi connectivity index (χ4n) is 2.75. The fourth-order valence-corrected chi connectivity index (χ4v) is 2.75. The predicted octanol–water partition coefficient (Wildman–Crippen LogP) is 4.85. The molecular weight excluding hydrogens is 578 g/mol. The Kier molecular flexibility index (Phi) is 13.0. The molecule has 3 aromatic carbocycles. The molecule has 3 aromatic rings. The number of aliphatic carboxylic acids is 2. The maximum absolute atomic E-state index is 12.5. The number of hydrazone groups is 2. The van der Waals surface area contributed by atoms with E-state index in [0.717, 1.165) is 22.3 Å². The van der Waals surface area contributed by atoms with Crippen molar-refractivity contribution in [3.8, 4) is 11.1 Å². The molecule has 42 heavy (non-hydrogen) atoms. The number of nitrogens with two attached hydrogens (primary N) is 2. The van der Waals surface area contributed by atoms with E-state index in [-0.39, 0.29) is 6.03 Å². The number of hydrogen-bond acceptors (Lipinski definition) is 7. The maximum atomic E-state index is 12.5. The molecule has 0 heterocycles. The number of amides is 2. The van der Waals surface area contributed by atoms with Gasteiger partial charge in [0.2, 0.25) is 0 Å². The number of carbonyl (C=O) groups is 3. The minimum Gasteiger partial charge on any atom is -0.475 e. The Morgan fingerprint density at radius 3 is 1.69 bits per heavy atom. The van der Waals surface area contributed by atoms with Crippen LogP contribution in [0.4, 0.5) is 42.5 Å². The molecule has 0 aliphatic carbocycles. The van der Waals surface area contributed by atoms with Crippen LogP contribution in [0.25, 0.3) is 11.1 Å². The van der Waals surface area contributed by atoms with Crippen molar-refractivity contribution in [1.29, 1.82) is 0 Å². The molecule has 8 N–H and O–H groups in total. The van der Waals surface area contributed by atoms with Crippen molar-refractivity contribution < 1.29 is 50.9 Å². The molecule has 11 nitrogen and oxygen atoms in total. The van der Waals surface area contributed by atoms with Gasteiger partial charge in [-0.05, 0) is 34.9 Å². The van der Waals surface area contributed by atoms with Gasteiger partial charge in [-0.25, -0.2) is 14.4 Å². The molecule has 0 spiro atoms. The van der Waals surface area contributed by atoms with E-state index < -0.39 is 24.3 Å². The van der Waals surface area contributed by atoms with Crippen LogP contribution in [0.15, 0.2) is 83.0 Å². The molecule has 3 rings (SSSR count). The number of carboxylic acid groups (broad SMARTS) is 2. The molecule has 0 fully saturated rings. The van der Waals surface area contributed by atoms with E-state index in [1.54, 1.807) is 18.3 Å². The number of urea groups is 1. The normalized spacial score (nSPS) is 11.1. The molecule has 17 heteroatoms. The average Bonchev–Trinajstić information content (AvgIpc) is 2.90. The highest BCUT2D eigenvalue weighted by atomic mass is 19.4. The summed E-state index contributed by atoms with van der Waals surface area (Å²) < 4.78 is 63.5. The number of nitrogens with zero attached hydrogens (tertiary/aromatic N) is 2. The molecule has 0 saturated carbocycles. The Balaban J connectivity index is 0.000000522. The summed E-state index contributed by atoms with van der Waals surface area (Å²) in [4.78, 5) is 30.3. The first kappa shape index (κ1) is 34.4. The van der Waals surface area contributed by atoms with Crippen molar-refractivity contribution in [2.75, 3.05) is 10.6 Å². The summed E-state index contributed by atoms with van der Waals surface area (Å²) in [6, 6.07) is 22.2. The molecule has 0 aliphatic heterocycles. The summed E-state index contributed by atoms with van der Waals surface area (Å²) in [5.41, 5.74) is 4.89. The van der Waals surface area contributed by atoms with E-state index in [9.17, 15) is 31.1 Å². The number of carboxylic acids is 2. The highest BCUT2D eigenvalue weighted by Gasteiger charge is 2.38. The minimum atomic E-state index is -5.08. The Bertz CT molecular complexity index is 1390. The maximum Gasteiger partial charge on any atom is 0.490 e. The van der Waals surface area contributed by atoms with Crippen molar-refractivity contribution in [1.82, 2.24) is 0 Å². The van der Waals surface area contributed by atoms with Gasteiger partial charge in [-0.2, -0.15) is 36.5 Å². The minimum absolute atomic E-state index is 0.346. The van der Waals surface area contributed by atoms with Gasteiger partial charge in [0.1, 0.15) is 0 Å². The van der Waals surface area contributed by atoms with Crippen LogP contribution in [0, 0.1) is 0 Å². The molecule has 0 saturated heterocycles. The van der Waals surface area contributed by atoms with Gasteiger partial charge in [-0.3, -0.25) is 0 Å². The average molecular weight is 600 g/mol.